The zero-order valence-corrected chi connectivity index (χ0v) is 36.9. The summed E-state index contributed by atoms with van der Waals surface area (Å²) in [6.45, 7) is 13.0. The van der Waals surface area contributed by atoms with Gasteiger partial charge < -0.3 is 0 Å². The Balaban J connectivity index is 1.44. The fourth-order valence-corrected chi connectivity index (χ4v) is 36.6. The van der Waals surface area contributed by atoms with E-state index in [1.807, 2.05) is 50.2 Å². The second-order valence-electron chi connectivity index (χ2n) is 15.0. The Morgan fingerprint density at radius 1 is 0.537 bits per heavy atom. The van der Waals surface area contributed by atoms with Crippen LogP contribution >= 0.6 is 17.0 Å². The van der Waals surface area contributed by atoms with Gasteiger partial charge in [0.25, 0.3) is 0 Å². The molecular weight excluding hydrogens is 807 g/mol. The van der Waals surface area contributed by atoms with E-state index in [9.17, 15) is 0 Å². The third kappa shape index (κ3) is 5.79. The third-order valence-corrected chi connectivity index (χ3v) is 57.9. The molecule has 0 aliphatic heterocycles. The van der Waals surface area contributed by atoms with Crippen molar-refractivity contribution >= 4 is 45.8 Å². The van der Waals surface area contributed by atoms with Gasteiger partial charge >= 0.3 is 329 Å². The van der Waals surface area contributed by atoms with Crippen LogP contribution in [0, 0.1) is 27.7 Å². The van der Waals surface area contributed by atoms with Crippen LogP contribution in [0.1, 0.15) is 63.7 Å². The van der Waals surface area contributed by atoms with Crippen LogP contribution in [-0.4, -0.2) is 19.7 Å². The number of halogens is 2. The van der Waals surface area contributed by atoms with Crippen molar-refractivity contribution < 1.29 is 33.3 Å². The van der Waals surface area contributed by atoms with E-state index in [4.69, 9.17) is 35.3 Å². The van der Waals surface area contributed by atoms with Gasteiger partial charge in [-0.1, -0.05) is 0 Å². The molecule has 2 atom stereocenters. The third-order valence-electron chi connectivity index (χ3n) is 11.6. The number of ether oxygens (including phenoxy) is 2. The SMILES string of the molecule is COc1ccc(-c2c(C)ccc3c2C=C(c2ccc(C)o2)[CH]3[Zr]([Cl])([Cl])([CH]2C(c3ccc(C)o3)=Cc3c2ccc(C)c3-c2ccc(OC)cc2)=[Si](C)C)cc1. The first-order valence-corrected chi connectivity index (χ1v) is 33.7. The minimum atomic E-state index is -5.38. The molecule has 2 aliphatic carbocycles. The first-order chi connectivity index (χ1) is 25.8. The predicted octanol–water partition coefficient (Wildman–Crippen LogP) is 13.6. The molecule has 0 radical (unpaired) electrons. The Morgan fingerprint density at radius 3 is 1.24 bits per heavy atom. The van der Waals surface area contributed by atoms with E-state index < -0.39 is 20.4 Å². The van der Waals surface area contributed by atoms with Gasteiger partial charge in [0.05, 0.1) is 0 Å². The number of hydrogen-bond acceptors (Lipinski definition) is 4. The summed E-state index contributed by atoms with van der Waals surface area (Å²) in [5, 5.41) is 0. The van der Waals surface area contributed by atoms with Crippen molar-refractivity contribution in [2.45, 2.75) is 48.0 Å². The molecule has 2 heterocycles. The zero-order valence-electron chi connectivity index (χ0n) is 31.9. The van der Waals surface area contributed by atoms with Crippen LogP contribution in [0.2, 0.25) is 13.1 Å². The fourth-order valence-electron chi connectivity index (χ4n) is 8.89. The molecule has 0 N–H and O–H groups in total. The van der Waals surface area contributed by atoms with Crippen molar-refractivity contribution in [3.05, 3.63) is 153 Å². The average Bonchev–Trinajstić information content (AvgIpc) is 3.97. The number of hydrogen-bond donors (Lipinski definition) is 0. The molecule has 54 heavy (non-hydrogen) atoms. The van der Waals surface area contributed by atoms with Crippen LogP contribution in [0.4, 0.5) is 0 Å². The fraction of sp³-hybridized carbons (Fsp3) is 0.217. The molecule has 8 heteroatoms. The van der Waals surface area contributed by atoms with E-state index in [-0.39, 0.29) is 7.25 Å². The summed E-state index contributed by atoms with van der Waals surface area (Å²) in [6.07, 6.45) is 4.64. The molecule has 0 saturated carbocycles. The summed E-state index contributed by atoms with van der Waals surface area (Å²) in [4.78, 5) is 0. The van der Waals surface area contributed by atoms with E-state index >= 15 is 0 Å². The molecule has 0 saturated heterocycles. The van der Waals surface area contributed by atoms with E-state index in [0.29, 0.717) is 0 Å². The second-order valence-corrected chi connectivity index (χ2v) is 53.8. The Kier molecular flexibility index (Phi) is 9.45. The quantitative estimate of drug-likeness (QED) is 0.143. The summed E-state index contributed by atoms with van der Waals surface area (Å²) in [5.74, 6) is 4.97. The molecule has 274 valence electrons. The normalized spacial score (nSPS) is 16.5. The van der Waals surface area contributed by atoms with Gasteiger partial charge in [-0.05, 0) is 0 Å². The second kappa shape index (κ2) is 13.7. The average molecular weight is 851 g/mol. The molecule has 8 rings (SSSR count). The summed E-state index contributed by atoms with van der Waals surface area (Å²) >= 11 is -5.38. The van der Waals surface area contributed by atoms with Gasteiger partial charge in [0.1, 0.15) is 0 Å². The zero-order chi connectivity index (χ0) is 38.1. The molecule has 4 nitrogen and oxygen atoms in total. The van der Waals surface area contributed by atoms with Gasteiger partial charge in [-0.25, -0.2) is 0 Å². The van der Waals surface area contributed by atoms with Crippen molar-refractivity contribution in [2.75, 3.05) is 14.2 Å². The van der Waals surface area contributed by atoms with Gasteiger partial charge in [0.2, 0.25) is 0 Å². The maximum absolute atomic E-state index is 8.88. The molecule has 2 unspecified atom stereocenters. The van der Waals surface area contributed by atoms with E-state index in [1.54, 1.807) is 14.2 Å². The van der Waals surface area contributed by atoms with E-state index in [0.717, 1.165) is 67.9 Å². The molecule has 0 amide bonds. The molecule has 0 spiro atoms. The monoisotopic (exact) mass is 848 g/mol. The first-order valence-electron chi connectivity index (χ1n) is 18.3. The number of methoxy groups -OCH3 is 2. The van der Waals surface area contributed by atoms with Crippen molar-refractivity contribution in [3.8, 4) is 33.8 Å². The molecule has 0 bridgehead atoms. The molecule has 2 aromatic heterocycles. The van der Waals surface area contributed by atoms with Gasteiger partial charge in [0, 0.05) is 0 Å². The van der Waals surface area contributed by atoms with Crippen LogP contribution in [0.3, 0.4) is 0 Å². The Morgan fingerprint density at radius 2 is 0.926 bits per heavy atom. The number of fused-ring (bicyclic) bond motifs is 2. The van der Waals surface area contributed by atoms with Crippen molar-refractivity contribution in [3.63, 3.8) is 0 Å². The van der Waals surface area contributed by atoms with Crippen LogP contribution in [0.5, 0.6) is 11.5 Å². The van der Waals surface area contributed by atoms with Crippen molar-refractivity contribution in [1.29, 1.82) is 0 Å². The predicted molar refractivity (Wildman–Crippen MR) is 224 cm³/mol. The Labute approximate surface area is 326 Å². The number of furan rings is 2. The van der Waals surface area contributed by atoms with Gasteiger partial charge in [0.15, 0.2) is 0 Å². The summed E-state index contributed by atoms with van der Waals surface area (Å²) in [5.41, 5.74) is 12.3. The topological polar surface area (TPSA) is 44.7 Å². The van der Waals surface area contributed by atoms with Crippen LogP contribution < -0.4 is 9.47 Å². The molecule has 6 aromatic rings. The van der Waals surface area contributed by atoms with Crippen LogP contribution in [0.25, 0.3) is 45.6 Å². The summed E-state index contributed by atoms with van der Waals surface area (Å²) in [7, 11) is 21.1. The van der Waals surface area contributed by atoms with Crippen LogP contribution in [-0.2, 0) is 15.0 Å². The molecule has 4 aromatic carbocycles. The minimum absolute atomic E-state index is 0.252. The molecule has 2 aliphatic rings. The Bertz CT molecular complexity index is 2430. The van der Waals surface area contributed by atoms with E-state index in [2.05, 4.69) is 99.8 Å². The molecular formula is C46H44Cl2O4SiZr. The maximum atomic E-state index is 8.88. The number of aryl methyl sites for hydroxylation is 4. The van der Waals surface area contributed by atoms with Gasteiger partial charge in [-0.15, -0.1) is 0 Å². The summed E-state index contributed by atoms with van der Waals surface area (Å²) < 4.78 is 23.6. The Hall–Kier alpha value is -3.80. The molecule has 0 fully saturated rings. The number of benzene rings is 4. The van der Waals surface area contributed by atoms with Gasteiger partial charge in [-0.3, -0.25) is 0 Å². The van der Waals surface area contributed by atoms with Crippen LogP contribution in [0.15, 0.2) is 106 Å². The van der Waals surface area contributed by atoms with Crippen molar-refractivity contribution in [1.82, 2.24) is 0 Å². The number of rotatable bonds is 8. The van der Waals surface area contributed by atoms with E-state index in [1.165, 1.54) is 33.4 Å². The van der Waals surface area contributed by atoms with Crippen molar-refractivity contribution in [2.24, 2.45) is 0 Å². The summed E-state index contributed by atoms with van der Waals surface area (Å²) in [6, 6.07) is 33.9. The standard InChI is InChI=1S/2C22H19O2.C2H6Si.2ClH.Zr/c2*1-14-4-6-17-12-18(21-11-5-15(2)24-21)13-20(17)22(14)16-7-9-19(23-3)10-8-16;1-3-2;;;/h2*4-13H,1-3H3;1-2H3;2*1H;/q;;;;;+2/p-2. The number of allylic oxidation sites excluding steroid dienone is 2. The van der Waals surface area contributed by atoms with Gasteiger partial charge in [-0.2, -0.15) is 0 Å². The first kappa shape index (κ1) is 37.1.